The molecule has 0 spiro atoms. The predicted molar refractivity (Wildman–Crippen MR) is 106 cm³/mol. The van der Waals surface area contributed by atoms with Crippen LogP contribution in [0.15, 0.2) is 42.6 Å². The van der Waals surface area contributed by atoms with E-state index in [9.17, 15) is 4.79 Å². The monoisotopic (exact) mass is 363 g/mol. The van der Waals surface area contributed by atoms with Gasteiger partial charge in [-0.1, -0.05) is 6.07 Å². The van der Waals surface area contributed by atoms with Crippen LogP contribution in [0.4, 0.5) is 0 Å². The Hall–Kier alpha value is -2.82. The maximum atomic E-state index is 13.6. The van der Waals surface area contributed by atoms with E-state index >= 15 is 0 Å². The van der Waals surface area contributed by atoms with Gasteiger partial charge < -0.3 is 14.2 Å². The van der Waals surface area contributed by atoms with Crippen LogP contribution in [-0.4, -0.2) is 34.5 Å². The summed E-state index contributed by atoms with van der Waals surface area (Å²) >= 11 is 0. The van der Waals surface area contributed by atoms with Gasteiger partial charge in [0.2, 0.25) is 0 Å². The molecule has 1 aliphatic rings. The molecule has 0 N–H and O–H groups in total. The molecule has 1 saturated carbocycles. The van der Waals surface area contributed by atoms with Crippen molar-refractivity contribution in [3.8, 4) is 5.75 Å². The normalized spacial score (nSPS) is 15.0. The van der Waals surface area contributed by atoms with Crippen LogP contribution in [-0.2, 0) is 7.05 Å². The predicted octanol–water partition coefficient (Wildman–Crippen LogP) is 4.11. The highest BCUT2D eigenvalue weighted by Gasteiger charge is 2.38. The van der Waals surface area contributed by atoms with Crippen molar-refractivity contribution in [3.05, 3.63) is 59.5 Å². The quantitative estimate of drug-likeness (QED) is 0.685. The first-order valence-corrected chi connectivity index (χ1v) is 9.34. The molecule has 2 aromatic heterocycles. The van der Waals surface area contributed by atoms with Gasteiger partial charge in [0.05, 0.1) is 24.4 Å². The van der Waals surface area contributed by atoms with Crippen molar-refractivity contribution in [1.82, 2.24) is 14.5 Å². The van der Waals surface area contributed by atoms with Crippen LogP contribution in [0.1, 0.15) is 40.6 Å². The average Bonchev–Trinajstić information content (AvgIpc) is 3.49. The summed E-state index contributed by atoms with van der Waals surface area (Å²) in [5.41, 5.74) is 3.71. The molecular formula is C22H25N3O2. The van der Waals surface area contributed by atoms with E-state index in [-0.39, 0.29) is 11.9 Å². The van der Waals surface area contributed by atoms with E-state index in [0.29, 0.717) is 5.92 Å². The third-order valence-electron chi connectivity index (χ3n) is 5.71. The number of carbonyl (C=O) groups is 1. The summed E-state index contributed by atoms with van der Waals surface area (Å²) in [5.74, 6) is 1.28. The van der Waals surface area contributed by atoms with Gasteiger partial charge >= 0.3 is 0 Å². The summed E-state index contributed by atoms with van der Waals surface area (Å²) in [6, 6.07) is 11.8. The van der Waals surface area contributed by atoms with Crippen molar-refractivity contribution in [2.75, 3.05) is 14.2 Å². The fourth-order valence-corrected chi connectivity index (χ4v) is 3.97. The fourth-order valence-electron chi connectivity index (χ4n) is 3.97. The summed E-state index contributed by atoms with van der Waals surface area (Å²) in [6.45, 7) is 2.00. The van der Waals surface area contributed by atoms with Crippen molar-refractivity contribution in [3.63, 3.8) is 0 Å². The lowest BCUT2D eigenvalue weighted by Crippen LogP contribution is -2.33. The average molecular weight is 363 g/mol. The van der Waals surface area contributed by atoms with Crippen molar-refractivity contribution in [2.24, 2.45) is 13.0 Å². The molecule has 2 heterocycles. The summed E-state index contributed by atoms with van der Waals surface area (Å²) in [4.78, 5) is 20.0. The Morgan fingerprint density at radius 3 is 2.70 bits per heavy atom. The van der Waals surface area contributed by atoms with Gasteiger partial charge in [-0.2, -0.15) is 0 Å². The topological polar surface area (TPSA) is 47.4 Å². The Balaban J connectivity index is 1.78. The maximum Gasteiger partial charge on any atom is 0.256 e. The Kier molecular flexibility index (Phi) is 4.38. The first-order chi connectivity index (χ1) is 13.0. The third kappa shape index (κ3) is 2.97. The van der Waals surface area contributed by atoms with E-state index in [1.54, 1.807) is 13.3 Å². The van der Waals surface area contributed by atoms with E-state index in [4.69, 9.17) is 4.74 Å². The molecule has 5 nitrogen and oxygen atoms in total. The van der Waals surface area contributed by atoms with E-state index in [2.05, 4.69) is 9.55 Å². The number of amides is 1. The molecule has 0 bridgehead atoms. The zero-order valence-electron chi connectivity index (χ0n) is 16.3. The zero-order chi connectivity index (χ0) is 19.1. The second kappa shape index (κ2) is 6.72. The van der Waals surface area contributed by atoms with Gasteiger partial charge in [0.1, 0.15) is 5.75 Å². The van der Waals surface area contributed by atoms with Crippen LogP contribution in [0.5, 0.6) is 5.75 Å². The molecule has 1 atom stereocenters. The molecule has 0 radical (unpaired) electrons. The molecule has 1 aromatic carbocycles. The smallest absolute Gasteiger partial charge is 0.256 e. The van der Waals surface area contributed by atoms with Crippen LogP contribution < -0.4 is 4.74 Å². The zero-order valence-corrected chi connectivity index (χ0v) is 16.3. The maximum absolute atomic E-state index is 13.6. The highest BCUT2D eigenvalue weighted by Crippen LogP contribution is 2.44. The molecule has 1 amide bonds. The number of pyridine rings is 1. The Labute approximate surface area is 159 Å². The lowest BCUT2D eigenvalue weighted by molar-refractivity contribution is 0.0708. The highest BCUT2D eigenvalue weighted by molar-refractivity contribution is 6.08. The number of methoxy groups -OCH3 is 1. The summed E-state index contributed by atoms with van der Waals surface area (Å²) < 4.78 is 7.46. The van der Waals surface area contributed by atoms with E-state index in [1.165, 1.54) is 0 Å². The third-order valence-corrected chi connectivity index (χ3v) is 5.71. The number of fused-ring (bicyclic) bond motifs is 1. The van der Waals surface area contributed by atoms with Crippen molar-refractivity contribution in [1.29, 1.82) is 0 Å². The van der Waals surface area contributed by atoms with E-state index < -0.39 is 0 Å². The van der Waals surface area contributed by atoms with Crippen LogP contribution in [0.25, 0.3) is 10.9 Å². The van der Waals surface area contributed by atoms with Gasteiger partial charge in [0.25, 0.3) is 5.91 Å². The number of hydrogen-bond acceptors (Lipinski definition) is 3. The number of hydrogen-bond donors (Lipinski definition) is 0. The first-order valence-electron chi connectivity index (χ1n) is 9.34. The largest absolute Gasteiger partial charge is 0.497 e. The SMILES string of the molecule is COc1ccc2c(c1)c(C(=O)N(C)[C@H](c1ccccn1)C1CC1)c(C)n2C. The van der Waals surface area contributed by atoms with E-state index in [0.717, 1.165) is 46.4 Å². The Bertz CT molecular complexity index is 990. The second-order valence-corrected chi connectivity index (χ2v) is 7.36. The molecule has 140 valence electrons. The van der Waals surface area contributed by atoms with Crippen molar-refractivity contribution >= 4 is 16.8 Å². The first kappa shape index (κ1) is 17.6. The number of aromatic nitrogens is 2. The molecule has 3 aromatic rings. The minimum atomic E-state index is 0.0129. The molecule has 1 fully saturated rings. The minimum Gasteiger partial charge on any atom is -0.497 e. The van der Waals surface area contributed by atoms with Crippen LogP contribution in [0.3, 0.4) is 0 Å². The van der Waals surface area contributed by atoms with Crippen LogP contribution >= 0.6 is 0 Å². The number of benzene rings is 1. The Morgan fingerprint density at radius 2 is 2.07 bits per heavy atom. The molecule has 0 saturated heterocycles. The number of nitrogens with zero attached hydrogens (tertiary/aromatic N) is 3. The van der Waals surface area contributed by atoms with Gasteiger partial charge in [-0.3, -0.25) is 9.78 Å². The fraction of sp³-hybridized carbons (Fsp3) is 0.364. The lowest BCUT2D eigenvalue weighted by Gasteiger charge is -2.28. The molecule has 27 heavy (non-hydrogen) atoms. The number of aryl methyl sites for hydroxylation is 1. The molecular weight excluding hydrogens is 338 g/mol. The van der Waals surface area contributed by atoms with Gasteiger partial charge in [0, 0.05) is 36.9 Å². The Morgan fingerprint density at radius 1 is 1.30 bits per heavy atom. The van der Waals surface area contributed by atoms with Crippen LogP contribution in [0, 0.1) is 12.8 Å². The van der Waals surface area contributed by atoms with Gasteiger partial charge in [-0.15, -0.1) is 0 Å². The molecule has 0 unspecified atom stereocenters. The van der Waals surface area contributed by atoms with Crippen LogP contribution in [0.2, 0.25) is 0 Å². The standard InChI is InChI=1S/C22H25N3O2/c1-14-20(17-13-16(27-4)10-11-19(17)24(14)2)22(26)25(3)21(15-8-9-15)18-7-5-6-12-23-18/h5-7,10-13,15,21H,8-9H2,1-4H3/t21-/m0/s1. The van der Waals surface area contributed by atoms with Gasteiger partial charge in [-0.25, -0.2) is 0 Å². The minimum absolute atomic E-state index is 0.0129. The summed E-state index contributed by atoms with van der Waals surface area (Å²) in [7, 11) is 5.55. The van der Waals surface area contributed by atoms with Gasteiger partial charge in [-0.05, 0) is 56.0 Å². The van der Waals surface area contributed by atoms with Crippen molar-refractivity contribution in [2.45, 2.75) is 25.8 Å². The second-order valence-electron chi connectivity index (χ2n) is 7.36. The number of carbonyl (C=O) groups excluding carboxylic acids is 1. The van der Waals surface area contributed by atoms with E-state index in [1.807, 2.05) is 62.3 Å². The van der Waals surface area contributed by atoms with Gasteiger partial charge in [0.15, 0.2) is 0 Å². The molecule has 4 rings (SSSR count). The lowest BCUT2D eigenvalue weighted by atomic mass is 10.0. The number of ether oxygens (including phenoxy) is 1. The highest BCUT2D eigenvalue weighted by atomic mass is 16.5. The molecule has 0 aliphatic heterocycles. The summed E-state index contributed by atoms with van der Waals surface area (Å²) in [6.07, 6.45) is 4.08. The molecule has 1 aliphatic carbocycles. The number of rotatable bonds is 5. The summed E-state index contributed by atoms with van der Waals surface area (Å²) in [5, 5.41) is 0.932. The molecule has 5 heteroatoms. The van der Waals surface area contributed by atoms with Crippen molar-refractivity contribution < 1.29 is 9.53 Å².